The summed E-state index contributed by atoms with van der Waals surface area (Å²) in [6, 6.07) is 32.2. The first kappa shape index (κ1) is 21.5. The van der Waals surface area contributed by atoms with E-state index in [0.29, 0.717) is 17.1 Å². The summed E-state index contributed by atoms with van der Waals surface area (Å²) >= 11 is 5.65. The molecule has 4 heteroatoms. The summed E-state index contributed by atoms with van der Waals surface area (Å²) in [5, 5.41) is 10.5. The summed E-state index contributed by atoms with van der Waals surface area (Å²) in [5.74, 6) is 0.517. The van der Waals surface area contributed by atoms with Crippen LogP contribution >= 0.6 is 20.1 Å². The fraction of sp³-hybridized carbons (Fsp3) is 0.240. The van der Waals surface area contributed by atoms with Gasteiger partial charge in [-0.1, -0.05) is 99.1 Å². The van der Waals surface area contributed by atoms with E-state index in [9.17, 15) is 0 Å². The maximum Gasteiger partial charge on any atom is 0.171 e. The second-order valence-corrected chi connectivity index (χ2v) is 9.90. The topological polar surface area (TPSA) is 24.1 Å². The Kier molecular flexibility index (Phi) is 8.22. The van der Waals surface area contributed by atoms with Crippen LogP contribution in [0.4, 0.5) is 5.69 Å². The molecule has 0 spiro atoms. The third-order valence-electron chi connectivity index (χ3n) is 5.19. The lowest BCUT2D eigenvalue weighted by molar-refractivity contribution is 0.443. The van der Waals surface area contributed by atoms with E-state index in [-0.39, 0.29) is 0 Å². The second kappa shape index (κ2) is 11.1. The molecule has 0 aliphatic rings. The van der Waals surface area contributed by atoms with Gasteiger partial charge in [0.2, 0.25) is 0 Å². The van der Waals surface area contributed by atoms with Gasteiger partial charge in [-0.3, -0.25) is 0 Å². The Morgan fingerprint density at radius 1 is 0.828 bits per heavy atom. The fourth-order valence-electron chi connectivity index (χ4n) is 3.28. The minimum atomic E-state index is -0.468. The lowest BCUT2D eigenvalue weighted by Gasteiger charge is -2.30. The lowest BCUT2D eigenvalue weighted by Crippen LogP contribution is -2.44. The molecule has 150 valence electrons. The Bertz CT molecular complexity index is 832. The van der Waals surface area contributed by atoms with E-state index in [1.165, 1.54) is 10.6 Å². The van der Waals surface area contributed by atoms with Crippen molar-refractivity contribution >= 4 is 41.5 Å². The standard InChI is InChI=1S/C25H29N2PS/c1-3-20(2)24(27-25(29)26-21-13-7-4-8-14-21)19-28(22-15-9-5-10-16-22)23-17-11-6-12-18-23/h4-18,20,24H,3,19H2,1-2H3,(H2,26,27,29)/t20-,24+/m0/s1. The van der Waals surface area contributed by atoms with E-state index in [4.69, 9.17) is 12.2 Å². The third kappa shape index (κ3) is 6.39. The zero-order valence-corrected chi connectivity index (χ0v) is 18.8. The van der Waals surface area contributed by atoms with Crippen molar-refractivity contribution in [2.24, 2.45) is 5.92 Å². The first-order chi connectivity index (χ1) is 14.2. The molecular formula is C25H29N2PS. The highest BCUT2D eigenvalue weighted by atomic mass is 32.1. The molecule has 0 saturated carbocycles. The highest BCUT2D eigenvalue weighted by Crippen LogP contribution is 2.36. The Hall–Kier alpha value is -2.22. The number of anilines is 1. The van der Waals surface area contributed by atoms with Gasteiger partial charge in [0.05, 0.1) is 0 Å². The van der Waals surface area contributed by atoms with Gasteiger partial charge in [0.15, 0.2) is 5.11 Å². The largest absolute Gasteiger partial charge is 0.359 e. The van der Waals surface area contributed by atoms with Crippen molar-refractivity contribution in [3.05, 3.63) is 91.0 Å². The van der Waals surface area contributed by atoms with Crippen molar-refractivity contribution in [1.29, 1.82) is 0 Å². The molecule has 3 rings (SSSR count). The Morgan fingerprint density at radius 3 is 1.79 bits per heavy atom. The highest BCUT2D eigenvalue weighted by molar-refractivity contribution is 7.80. The number of nitrogens with one attached hydrogen (secondary N) is 2. The number of para-hydroxylation sites is 1. The average molecular weight is 421 g/mol. The van der Waals surface area contributed by atoms with Gasteiger partial charge in [0.1, 0.15) is 0 Å². The molecule has 0 radical (unpaired) electrons. The smallest absolute Gasteiger partial charge is 0.171 e. The van der Waals surface area contributed by atoms with Crippen molar-refractivity contribution < 1.29 is 0 Å². The zero-order valence-electron chi connectivity index (χ0n) is 17.1. The van der Waals surface area contributed by atoms with Crippen molar-refractivity contribution in [3.8, 4) is 0 Å². The molecule has 2 atom stereocenters. The van der Waals surface area contributed by atoms with Crippen LogP contribution in [-0.4, -0.2) is 17.3 Å². The summed E-state index contributed by atoms with van der Waals surface area (Å²) in [4.78, 5) is 0. The van der Waals surface area contributed by atoms with E-state index >= 15 is 0 Å². The molecule has 2 N–H and O–H groups in total. The number of thiocarbonyl (C=S) groups is 1. The van der Waals surface area contributed by atoms with E-state index in [2.05, 4.69) is 85.1 Å². The summed E-state index contributed by atoms with van der Waals surface area (Å²) in [6.45, 7) is 4.56. The van der Waals surface area contributed by atoms with Crippen LogP contribution in [0.15, 0.2) is 91.0 Å². The van der Waals surface area contributed by atoms with Gasteiger partial charge in [-0.2, -0.15) is 0 Å². The Morgan fingerprint density at radius 2 is 1.31 bits per heavy atom. The molecule has 3 aromatic carbocycles. The summed E-state index contributed by atoms with van der Waals surface area (Å²) in [7, 11) is -0.468. The van der Waals surface area contributed by atoms with Crippen LogP contribution in [-0.2, 0) is 0 Å². The van der Waals surface area contributed by atoms with E-state index in [0.717, 1.165) is 18.3 Å². The van der Waals surface area contributed by atoms with Crippen molar-refractivity contribution in [3.63, 3.8) is 0 Å². The fourth-order valence-corrected chi connectivity index (χ4v) is 6.18. The normalized spacial score (nSPS) is 12.9. The second-order valence-electron chi connectivity index (χ2n) is 7.24. The van der Waals surface area contributed by atoms with Gasteiger partial charge in [-0.15, -0.1) is 0 Å². The number of benzene rings is 3. The Balaban J connectivity index is 1.80. The van der Waals surface area contributed by atoms with Gasteiger partial charge in [0.25, 0.3) is 0 Å². The molecule has 0 unspecified atom stereocenters. The molecular weight excluding hydrogens is 391 g/mol. The maximum atomic E-state index is 5.65. The minimum Gasteiger partial charge on any atom is -0.359 e. The molecule has 0 aromatic heterocycles. The van der Waals surface area contributed by atoms with E-state index < -0.39 is 7.92 Å². The van der Waals surface area contributed by atoms with Crippen LogP contribution in [0.5, 0.6) is 0 Å². The number of rotatable bonds is 8. The number of hydrogen-bond donors (Lipinski definition) is 2. The van der Waals surface area contributed by atoms with Crippen LogP contribution in [0, 0.1) is 5.92 Å². The molecule has 0 aliphatic carbocycles. The molecule has 0 bridgehead atoms. The van der Waals surface area contributed by atoms with Gasteiger partial charge < -0.3 is 10.6 Å². The van der Waals surface area contributed by atoms with Gasteiger partial charge in [-0.05, 0) is 55.0 Å². The monoisotopic (exact) mass is 420 g/mol. The van der Waals surface area contributed by atoms with E-state index in [1.54, 1.807) is 0 Å². The van der Waals surface area contributed by atoms with Gasteiger partial charge in [0, 0.05) is 11.7 Å². The minimum absolute atomic E-state index is 0.301. The first-order valence-corrected chi connectivity index (χ1v) is 12.1. The van der Waals surface area contributed by atoms with Crippen LogP contribution in [0.1, 0.15) is 20.3 Å². The molecule has 0 fully saturated rings. The van der Waals surface area contributed by atoms with Crippen molar-refractivity contribution in [1.82, 2.24) is 5.32 Å². The maximum absolute atomic E-state index is 5.65. The zero-order chi connectivity index (χ0) is 20.5. The molecule has 3 aromatic rings. The predicted molar refractivity (Wildman–Crippen MR) is 133 cm³/mol. The first-order valence-electron chi connectivity index (χ1n) is 10.2. The van der Waals surface area contributed by atoms with Crippen LogP contribution in [0.2, 0.25) is 0 Å². The van der Waals surface area contributed by atoms with Gasteiger partial charge in [-0.25, -0.2) is 0 Å². The molecule has 29 heavy (non-hydrogen) atoms. The van der Waals surface area contributed by atoms with Crippen LogP contribution in [0.25, 0.3) is 0 Å². The molecule has 0 heterocycles. The average Bonchev–Trinajstić information content (AvgIpc) is 2.78. The van der Waals surface area contributed by atoms with Crippen molar-refractivity contribution in [2.45, 2.75) is 26.3 Å². The number of hydrogen-bond acceptors (Lipinski definition) is 1. The molecule has 2 nitrogen and oxygen atoms in total. The molecule has 0 amide bonds. The third-order valence-corrected chi connectivity index (χ3v) is 8.02. The van der Waals surface area contributed by atoms with Crippen LogP contribution in [0.3, 0.4) is 0 Å². The van der Waals surface area contributed by atoms with Gasteiger partial charge >= 0.3 is 0 Å². The SMILES string of the molecule is CC[C@H](C)[C@@H](CP(c1ccccc1)c1ccccc1)NC(=S)Nc1ccccc1. The molecule has 0 aliphatic heterocycles. The van der Waals surface area contributed by atoms with Crippen LogP contribution < -0.4 is 21.2 Å². The summed E-state index contributed by atoms with van der Waals surface area (Å²) < 4.78 is 0. The van der Waals surface area contributed by atoms with Crippen molar-refractivity contribution in [2.75, 3.05) is 11.5 Å². The Labute approximate surface area is 181 Å². The quantitative estimate of drug-likeness (QED) is 0.371. The van der Waals surface area contributed by atoms with E-state index in [1.807, 2.05) is 30.3 Å². The summed E-state index contributed by atoms with van der Waals surface area (Å²) in [5.41, 5.74) is 1.02. The summed E-state index contributed by atoms with van der Waals surface area (Å²) in [6.07, 6.45) is 2.16. The molecule has 0 saturated heterocycles. The lowest BCUT2D eigenvalue weighted by atomic mass is 10.0. The highest BCUT2D eigenvalue weighted by Gasteiger charge is 2.24. The predicted octanol–water partition coefficient (Wildman–Crippen LogP) is 5.52.